The summed E-state index contributed by atoms with van der Waals surface area (Å²) in [5, 5.41) is 0. The molecule has 4 atom stereocenters. The largest absolute Gasteiger partial charge is 0.378 e. The normalized spacial score (nSPS) is 33.5. The summed E-state index contributed by atoms with van der Waals surface area (Å²) < 4.78 is 11.6. The van der Waals surface area contributed by atoms with E-state index in [0.717, 1.165) is 25.0 Å². The Morgan fingerprint density at radius 2 is 1.35 bits per heavy atom. The van der Waals surface area contributed by atoms with Gasteiger partial charge in [-0.3, -0.25) is 0 Å². The highest BCUT2D eigenvalue weighted by Crippen LogP contribution is 2.28. The van der Waals surface area contributed by atoms with Crippen molar-refractivity contribution in [3.05, 3.63) is 0 Å². The molecule has 4 unspecified atom stereocenters. The molecule has 0 aromatic carbocycles. The molecular weight excluding hydrogens is 212 g/mol. The van der Waals surface area contributed by atoms with Crippen molar-refractivity contribution in [2.45, 2.75) is 71.0 Å². The van der Waals surface area contributed by atoms with Gasteiger partial charge in [-0.05, 0) is 56.8 Å². The first-order chi connectivity index (χ1) is 8.27. The minimum absolute atomic E-state index is 0.528. The third kappa shape index (κ3) is 3.96. The molecule has 0 aliphatic carbocycles. The fourth-order valence-electron chi connectivity index (χ4n) is 3.16. The van der Waals surface area contributed by atoms with E-state index in [9.17, 15) is 0 Å². The van der Waals surface area contributed by atoms with Gasteiger partial charge in [0.05, 0.1) is 12.2 Å². The minimum atomic E-state index is 0.528. The maximum atomic E-state index is 5.87. The molecule has 0 spiro atoms. The van der Waals surface area contributed by atoms with Gasteiger partial charge in [0.1, 0.15) is 0 Å². The fraction of sp³-hybridized carbons (Fsp3) is 1.00. The Balaban J connectivity index is 1.65. The van der Waals surface area contributed by atoms with E-state index in [0.29, 0.717) is 12.2 Å². The highest BCUT2D eigenvalue weighted by molar-refractivity contribution is 4.75. The van der Waals surface area contributed by atoms with Gasteiger partial charge in [0.2, 0.25) is 0 Å². The number of hydrogen-bond donors (Lipinski definition) is 0. The van der Waals surface area contributed by atoms with Crippen molar-refractivity contribution < 1.29 is 9.47 Å². The summed E-state index contributed by atoms with van der Waals surface area (Å²) in [6.07, 6.45) is 10.1. The van der Waals surface area contributed by atoms with Gasteiger partial charge in [0.15, 0.2) is 0 Å². The van der Waals surface area contributed by atoms with E-state index < -0.39 is 0 Å². The van der Waals surface area contributed by atoms with Crippen molar-refractivity contribution in [2.24, 2.45) is 11.8 Å². The van der Waals surface area contributed by atoms with Gasteiger partial charge in [-0.1, -0.05) is 13.8 Å². The van der Waals surface area contributed by atoms with Crippen LogP contribution < -0.4 is 0 Å². The molecule has 17 heavy (non-hydrogen) atoms. The van der Waals surface area contributed by atoms with Gasteiger partial charge in [0.25, 0.3) is 0 Å². The zero-order valence-corrected chi connectivity index (χ0v) is 11.5. The van der Waals surface area contributed by atoms with Crippen LogP contribution in [0.3, 0.4) is 0 Å². The first kappa shape index (κ1) is 13.4. The quantitative estimate of drug-likeness (QED) is 0.728. The van der Waals surface area contributed by atoms with Gasteiger partial charge in [-0.2, -0.15) is 0 Å². The molecular formula is C15H28O2. The summed E-state index contributed by atoms with van der Waals surface area (Å²) in [5.74, 6) is 1.45. The van der Waals surface area contributed by atoms with Crippen molar-refractivity contribution in [3.8, 4) is 0 Å². The van der Waals surface area contributed by atoms with E-state index >= 15 is 0 Å². The topological polar surface area (TPSA) is 18.5 Å². The first-order valence-electron chi connectivity index (χ1n) is 7.50. The van der Waals surface area contributed by atoms with Crippen LogP contribution in [0.25, 0.3) is 0 Å². The molecule has 0 amide bonds. The smallest absolute Gasteiger partial charge is 0.0601 e. The summed E-state index contributed by atoms with van der Waals surface area (Å²) in [6, 6.07) is 0. The SMILES string of the molecule is CC(CCC(C)C1CCCO1)C1CCCCO1. The van der Waals surface area contributed by atoms with Gasteiger partial charge in [0, 0.05) is 13.2 Å². The van der Waals surface area contributed by atoms with Crippen LogP contribution in [0, 0.1) is 11.8 Å². The third-order valence-electron chi connectivity index (χ3n) is 4.53. The Labute approximate surface area is 106 Å². The summed E-state index contributed by atoms with van der Waals surface area (Å²) in [4.78, 5) is 0. The van der Waals surface area contributed by atoms with Gasteiger partial charge < -0.3 is 9.47 Å². The van der Waals surface area contributed by atoms with Crippen LogP contribution >= 0.6 is 0 Å². The second-order valence-electron chi connectivity index (χ2n) is 5.99. The van der Waals surface area contributed by atoms with Crippen LogP contribution in [0.4, 0.5) is 0 Å². The lowest BCUT2D eigenvalue weighted by molar-refractivity contribution is -0.0215. The molecule has 2 rings (SSSR count). The van der Waals surface area contributed by atoms with Gasteiger partial charge in [-0.15, -0.1) is 0 Å². The van der Waals surface area contributed by atoms with E-state index in [1.54, 1.807) is 0 Å². The van der Waals surface area contributed by atoms with E-state index in [2.05, 4.69) is 13.8 Å². The standard InChI is InChI=1S/C15H28O2/c1-12(14-6-3-4-10-16-14)8-9-13(2)15-7-5-11-17-15/h12-15H,3-11H2,1-2H3. The van der Waals surface area contributed by atoms with Crippen LogP contribution in [0.15, 0.2) is 0 Å². The molecule has 0 aromatic rings. The molecule has 2 saturated heterocycles. The van der Waals surface area contributed by atoms with E-state index in [-0.39, 0.29) is 0 Å². The monoisotopic (exact) mass is 240 g/mol. The highest BCUT2D eigenvalue weighted by Gasteiger charge is 2.25. The van der Waals surface area contributed by atoms with Gasteiger partial charge >= 0.3 is 0 Å². The molecule has 0 bridgehead atoms. The molecule has 0 aromatic heterocycles. The Morgan fingerprint density at radius 1 is 0.824 bits per heavy atom. The fourth-order valence-corrected chi connectivity index (χ4v) is 3.16. The number of rotatable bonds is 5. The summed E-state index contributed by atoms with van der Waals surface area (Å²) >= 11 is 0. The van der Waals surface area contributed by atoms with Crippen LogP contribution in [0.5, 0.6) is 0 Å². The lowest BCUT2D eigenvalue weighted by Crippen LogP contribution is -2.27. The summed E-state index contributed by atoms with van der Waals surface area (Å²) in [5.41, 5.74) is 0. The van der Waals surface area contributed by atoms with Crippen molar-refractivity contribution in [3.63, 3.8) is 0 Å². The minimum Gasteiger partial charge on any atom is -0.378 e. The van der Waals surface area contributed by atoms with Crippen molar-refractivity contribution >= 4 is 0 Å². The lowest BCUT2D eigenvalue weighted by Gasteiger charge is -2.29. The summed E-state index contributed by atoms with van der Waals surface area (Å²) in [7, 11) is 0. The predicted octanol–water partition coefficient (Wildman–Crippen LogP) is 3.79. The Morgan fingerprint density at radius 3 is 1.82 bits per heavy atom. The number of ether oxygens (including phenoxy) is 2. The molecule has 2 nitrogen and oxygen atoms in total. The van der Waals surface area contributed by atoms with Crippen LogP contribution in [-0.4, -0.2) is 25.4 Å². The zero-order valence-electron chi connectivity index (χ0n) is 11.5. The van der Waals surface area contributed by atoms with Crippen LogP contribution in [-0.2, 0) is 9.47 Å². The zero-order chi connectivity index (χ0) is 12.1. The van der Waals surface area contributed by atoms with Crippen molar-refractivity contribution in [1.82, 2.24) is 0 Å². The van der Waals surface area contributed by atoms with Crippen LogP contribution in [0.2, 0.25) is 0 Å². The lowest BCUT2D eigenvalue weighted by atomic mass is 9.88. The number of hydrogen-bond acceptors (Lipinski definition) is 2. The molecule has 2 heteroatoms. The Hall–Kier alpha value is -0.0800. The molecule has 2 aliphatic heterocycles. The summed E-state index contributed by atoms with van der Waals surface area (Å²) in [6.45, 7) is 6.68. The van der Waals surface area contributed by atoms with Gasteiger partial charge in [-0.25, -0.2) is 0 Å². The first-order valence-corrected chi connectivity index (χ1v) is 7.50. The predicted molar refractivity (Wildman–Crippen MR) is 70.1 cm³/mol. The van der Waals surface area contributed by atoms with Crippen LogP contribution in [0.1, 0.15) is 58.8 Å². The molecule has 2 fully saturated rings. The molecule has 2 aliphatic rings. The maximum absolute atomic E-state index is 5.87. The van der Waals surface area contributed by atoms with Crippen molar-refractivity contribution in [1.29, 1.82) is 0 Å². The van der Waals surface area contributed by atoms with E-state index in [4.69, 9.17) is 9.47 Å². The second kappa shape index (κ2) is 6.75. The molecule has 2 heterocycles. The van der Waals surface area contributed by atoms with E-state index in [1.807, 2.05) is 0 Å². The second-order valence-corrected chi connectivity index (χ2v) is 5.99. The third-order valence-corrected chi connectivity index (χ3v) is 4.53. The highest BCUT2D eigenvalue weighted by atomic mass is 16.5. The Kier molecular flexibility index (Phi) is 5.30. The molecule has 0 radical (unpaired) electrons. The van der Waals surface area contributed by atoms with Crippen molar-refractivity contribution in [2.75, 3.05) is 13.2 Å². The maximum Gasteiger partial charge on any atom is 0.0601 e. The average Bonchev–Trinajstić information content (AvgIpc) is 2.90. The molecule has 0 N–H and O–H groups in total. The molecule has 0 saturated carbocycles. The Bertz CT molecular complexity index is 205. The van der Waals surface area contributed by atoms with E-state index in [1.165, 1.54) is 44.9 Å². The average molecular weight is 240 g/mol. The molecule has 100 valence electrons.